The highest BCUT2D eigenvalue weighted by atomic mass is 19.4. The Kier molecular flexibility index (Phi) is 9.21. The van der Waals surface area contributed by atoms with Gasteiger partial charge in [-0.3, -0.25) is 0 Å². The lowest BCUT2D eigenvalue weighted by atomic mass is 9.83. The van der Waals surface area contributed by atoms with Gasteiger partial charge in [-0.15, -0.1) is 0 Å². The molecule has 0 saturated heterocycles. The van der Waals surface area contributed by atoms with Crippen LogP contribution in [-0.2, 0) is 12.0 Å². The zero-order chi connectivity index (χ0) is 22.2. The lowest BCUT2D eigenvalue weighted by Gasteiger charge is -2.25. The van der Waals surface area contributed by atoms with Crippen molar-refractivity contribution >= 4 is 0 Å². The number of benzene rings is 2. The van der Waals surface area contributed by atoms with E-state index >= 15 is 0 Å². The monoisotopic (exact) mass is 410 g/mol. The number of hydrogen-bond donors (Lipinski definition) is 1. The van der Waals surface area contributed by atoms with Gasteiger partial charge in [0.1, 0.15) is 18.5 Å². The van der Waals surface area contributed by atoms with E-state index in [2.05, 4.69) is 0 Å². The van der Waals surface area contributed by atoms with E-state index in [0.29, 0.717) is 17.9 Å². The Morgan fingerprint density at radius 2 is 1.55 bits per heavy atom. The molecular formula is C24H33F3O2. The largest absolute Gasteiger partial charge is 0.489 e. The van der Waals surface area contributed by atoms with Crippen LogP contribution in [0.3, 0.4) is 0 Å². The van der Waals surface area contributed by atoms with E-state index in [0.717, 1.165) is 11.1 Å². The minimum atomic E-state index is -4.62. The molecule has 0 fully saturated rings. The average molecular weight is 411 g/mol. The Hall–Kier alpha value is -2.01. The zero-order valence-electron chi connectivity index (χ0n) is 18.2. The van der Waals surface area contributed by atoms with Crippen LogP contribution in [0.5, 0.6) is 5.75 Å². The molecule has 0 aliphatic rings. The van der Waals surface area contributed by atoms with Crippen LogP contribution < -0.4 is 4.74 Å². The summed E-state index contributed by atoms with van der Waals surface area (Å²) in [6.45, 7) is 12.2. The predicted molar refractivity (Wildman–Crippen MR) is 112 cm³/mol. The van der Waals surface area contributed by atoms with Crippen molar-refractivity contribution in [1.29, 1.82) is 0 Å². The summed E-state index contributed by atoms with van der Waals surface area (Å²) >= 11 is 0. The Morgan fingerprint density at radius 1 is 0.966 bits per heavy atom. The Morgan fingerprint density at radius 3 is 2.07 bits per heavy atom. The standard InChI is InChI=1S/C22H27F3O2.C2H6/c1-15(12-20(26)22(23,24)25)18-13-17(21(2,3)4)10-11-19(18)27-14-16-8-6-5-7-9-16;1-2/h5-11,13,15,20,26H,12,14H2,1-4H3;1-2H3. The van der Waals surface area contributed by atoms with Gasteiger partial charge in [0.2, 0.25) is 0 Å². The van der Waals surface area contributed by atoms with Crippen LogP contribution in [0.2, 0.25) is 0 Å². The van der Waals surface area contributed by atoms with E-state index in [9.17, 15) is 18.3 Å². The Balaban J connectivity index is 0.00000204. The molecule has 1 N–H and O–H groups in total. The molecule has 0 heterocycles. The fraction of sp³-hybridized carbons (Fsp3) is 0.500. The molecule has 0 bridgehead atoms. The summed E-state index contributed by atoms with van der Waals surface area (Å²) in [6, 6.07) is 15.2. The van der Waals surface area contributed by atoms with Crippen LogP contribution >= 0.6 is 0 Å². The van der Waals surface area contributed by atoms with Gasteiger partial charge in [0.15, 0.2) is 0 Å². The van der Waals surface area contributed by atoms with E-state index < -0.39 is 24.6 Å². The summed E-state index contributed by atoms with van der Waals surface area (Å²) in [4.78, 5) is 0. The first kappa shape index (κ1) is 25.0. The normalized spacial score (nSPS) is 13.9. The molecule has 0 aromatic heterocycles. The highest BCUT2D eigenvalue weighted by Gasteiger charge is 2.39. The molecule has 0 amide bonds. The van der Waals surface area contributed by atoms with Crippen molar-refractivity contribution in [2.75, 3.05) is 0 Å². The number of rotatable bonds is 6. The van der Waals surface area contributed by atoms with Crippen molar-refractivity contribution in [2.45, 2.75) is 78.2 Å². The number of aliphatic hydroxyl groups is 1. The van der Waals surface area contributed by atoms with Gasteiger partial charge < -0.3 is 9.84 Å². The third kappa shape index (κ3) is 7.73. The summed E-state index contributed by atoms with van der Waals surface area (Å²) in [5, 5.41) is 9.48. The molecule has 2 nitrogen and oxygen atoms in total. The molecule has 2 aromatic carbocycles. The molecule has 162 valence electrons. The van der Waals surface area contributed by atoms with Gasteiger partial charge in [-0.25, -0.2) is 0 Å². The lowest BCUT2D eigenvalue weighted by molar-refractivity contribution is -0.206. The van der Waals surface area contributed by atoms with Crippen molar-refractivity contribution in [2.24, 2.45) is 0 Å². The number of halogens is 3. The first-order valence-electron chi connectivity index (χ1n) is 10.0. The van der Waals surface area contributed by atoms with Crippen molar-refractivity contribution < 1.29 is 23.0 Å². The second-order valence-electron chi connectivity index (χ2n) is 7.97. The SMILES string of the molecule is CC.CC(CC(O)C(F)(F)F)c1cc(C(C)(C)C)ccc1OCc1ccccc1. The zero-order valence-corrected chi connectivity index (χ0v) is 18.2. The number of alkyl halides is 3. The summed E-state index contributed by atoms with van der Waals surface area (Å²) in [6.07, 6.45) is -7.38. The third-order valence-corrected chi connectivity index (χ3v) is 4.60. The Bertz CT molecular complexity index is 734. The van der Waals surface area contributed by atoms with Gasteiger partial charge >= 0.3 is 6.18 Å². The molecule has 0 aliphatic heterocycles. The second-order valence-corrected chi connectivity index (χ2v) is 7.97. The van der Waals surface area contributed by atoms with Crippen molar-refractivity contribution in [3.63, 3.8) is 0 Å². The summed E-state index contributed by atoms with van der Waals surface area (Å²) in [5.41, 5.74) is 2.53. The van der Waals surface area contributed by atoms with Gasteiger partial charge in [-0.1, -0.05) is 84.0 Å². The summed E-state index contributed by atoms with van der Waals surface area (Å²) in [7, 11) is 0. The van der Waals surface area contributed by atoms with E-state index in [4.69, 9.17) is 4.74 Å². The molecule has 0 saturated carbocycles. The molecule has 5 heteroatoms. The lowest BCUT2D eigenvalue weighted by Crippen LogP contribution is -2.29. The molecule has 2 atom stereocenters. The maximum Gasteiger partial charge on any atom is 0.414 e. The molecular weight excluding hydrogens is 377 g/mol. The van der Waals surface area contributed by atoms with Crippen molar-refractivity contribution in [1.82, 2.24) is 0 Å². The topological polar surface area (TPSA) is 29.5 Å². The van der Waals surface area contributed by atoms with Gasteiger partial charge in [-0.2, -0.15) is 13.2 Å². The summed E-state index contributed by atoms with van der Waals surface area (Å²) < 4.78 is 44.3. The fourth-order valence-corrected chi connectivity index (χ4v) is 2.86. The van der Waals surface area contributed by atoms with Crippen molar-refractivity contribution in [3.05, 3.63) is 65.2 Å². The van der Waals surface area contributed by atoms with Crippen LogP contribution in [0.15, 0.2) is 48.5 Å². The molecule has 2 unspecified atom stereocenters. The molecule has 0 spiro atoms. The summed E-state index contributed by atoms with van der Waals surface area (Å²) in [5.74, 6) is 0.0448. The maximum absolute atomic E-state index is 12.8. The van der Waals surface area contributed by atoms with Crippen LogP contribution in [-0.4, -0.2) is 17.4 Å². The van der Waals surface area contributed by atoms with Gasteiger partial charge in [0.05, 0.1) is 0 Å². The first-order chi connectivity index (χ1) is 13.5. The number of aliphatic hydroxyl groups excluding tert-OH is 1. The fourth-order valence-electron chi connectivity index (χ4n) is 2.86. The first-order valence-corrected chi connectivity index (χ1v) is 10.0. The third-order valence-electron chi connectivity index (χ3n) is 4.60. The molecule has 0 aliphatic carbocycles. The van der Waals surface area contributed by atoms with E-state index in [1.165, 1.54) is 0 Å². The smallest absolute Gasteiger partial charge is 0.414 e. The van der Waals surface area contributed by atoms with Gasteiger partial charge in [0.25, 0.3) is 0 Å². The Labute approximate surface area is 172 Å². The molecule has 0 radical (unpaired) electrons. The van der Waals surface area contributed by atoms with Crippen LogP contribution in [0.25, 0.3) is 0 Å². The average Bonchev–Trinajstić information content (AvgIpc) is 2.67. The molecule has 2 aromatic rings. The van der Waals surface area contributed by atoms with Gasteiger partial charge in [-0.05, 0) is 40.5 Å². The van der Waals surface area contributed by atoms with Crippen molar-refractivity contribution in [3.8, 4) is 5.75 Å². The van der Waals surface area contributed by atoms with Gasteiger partial charge in [0, 0.05) is 0 Å². The molecule has 29 heavy (non-hydrogen) atoms. The van der Waals surface area contributed by atoms with Crippen LogP contribution in [0.1, 0.15) is 70.6 Å². The second kappa shape index (κ2) is 10.7. The van der Waals surface area contributed by atoms with E-state index in [-0.39, 0.29) is 5.41 Å². The minimum absolute atomic E-state index is 0.144. The highest BCUT2D eigenvalue weighted by Crippen LogP contribution is 2.36. The van der Waals surface area contributed by atoms with Crippen LogP contribution in [0, 0.1) is 0 Å². The van der Waals surface area contributed by atoms with Crippen LogP contribution in [0.4, 0.5) is 13.2 Å². The molecule has 2 rings (SSSR count). The number of ether oxygens (including phenoxy) is 1. The predicted octanol–water partition coefficient (Wildman–Crippen LogP) is 7.01. The van der Waals surface area contributed by atoms with E-state index in [1.807, 2.05) is 83.1 Å². The minimum Gasteiger partial charge on any atom is -0.489 e. The number of hydrogen-bond acceptors (Lipinski definition) is 2. The maximum atomic E-state index is 12.8. The highest BCUT2D eigenvalue weighted by molar-refractivity contribution is 5.42. The quantitative estimate of drug-likeness (QED) is 0.555. The van der Waals surface area contributed by atoms with E-state index in [1.54, 1.807) is 6.92 Å².